The van der Waals surface area contributed by atoms with Crippen LogP contribution in [-0.2, 0) is 25.5 Å². The number of carbonyl (C=O) groups excluding carboxylic acids is 3. The number of hydrogen-bond donors (Lipinski definition) is 1. The predicted molar refractivity (Wildman–Crippen MR) is 139 cm³/mol. The smallest absolute Gasteiger partial charge is 0.334 e. The highest BCUT2D eigenvalue weighted by atomic mass is 32.2. The number of hydrogen-bond acceptors (Lipinski definition) is 5. The van der Waals surface area contributed by atoms with Crippen molar-refractivity contribution in [2.24, 2.45) is 0 Å². The predicted octanol–water partition coefficient (Wildman–Crippen LogP) is 3.89. The maximum absolute atomic E-state index is 13.5. The Morgan fingerprint density at radius 1 is 0.944 bits per heavy atom. The number of thioether (sulfide) groups is 1. The lowest BCUT2D eigenvalue weighted by atomic mass is 9.97. The number of nitrogens with zero attached hydrogens (tertiary/aromatic N) is 1. The molecule has 0 saturated carbocycles. The molecule has 3 aromatic carbocycles. The van der Waals surface area contributed by atoms with Crippen LogP contribution in [0.2, 0.25) is 0 Å². The molecule has 0 radical (unpaired) electrons. The van der Waals surface area contributed by atoms with E-state index in [2.05, 4.69) is 11.9 Å². The molecule has 6 nitrogen and oxygen atoms in total. The Morgan fingerprint density at radius 3 is 2.08 bits per heavy atom. The summed E-state index contributed by atoms with van der Waals surface area (Å²) in [6.45, 7) is 4.06. The fraction of sp³-hybridized carbons (Fsp3) is 0.207. The van der Waals surface area contributed by atoms with Gasteiger partial charge in [-0.05, 0) is 22.3 Å². The first-order valence-electron chi connectivity index (χ1n) is 11.8. The summed E-state index contributed by atoms with van der Waals surface area (Å²) < 4.78 is 6.04. The van der Waals surface area contributed by atoms with Gasteiger partial charge in [0.1, 0.15) is 11.4 Å². The van der Waals surface area contributed by atoms with Crippen LogP contribution in [0.4, 0.5) is 0 Å². The first kappa shape index (κ1) is 23.9. The second kappa shape index (κ2) is 10.4. The van der Waals surface area contributed by atoms with Gasteiger partial charge in [0, 0.05) is 5.75 Å². The van der Waals surface area contributed by atoms with Crippen LogP contribution in [0.5, 0.6) is 0 Å². The van der Waals surface area contributed by atoms with E-state index >= 15 is 0 Å². The number of carbonyl (C=O) groups is 3. The van der Waals surface area contributed by atoms with Crippen molar-refractivity contribution in [3.05, 3.63) is 120 Å². The minimum absolute atomic E-state index is 0.190. The summed E-state index contributed by atoms with van der Waals surface area (Å²) in [6, 6.07) is 26.8. The number of nitrogens with one attached hydrogen (secondary N) is 1. The first-order valence-corrected chi connectivity index (χ1v) is 12.8. The van der Waals surface area contributed by atoms with E-state index in [1.807, 2.05) is 91.0 Å². The summed E-state index contributed by atoms with van der Waals surface area (Å²) in [5.41, 5.74) is 3.16. The third-order valence-electron chi connectivity index (χ3n) is 6.37. The molecular weight excluding hydrogens is 472 g/mol. The normalized spacial score (nSPS) is 20.9. The molecule has 2 amide bonds. The molecule has 182 valence electrons. The van der Waals surface area contributed by atoms with E-state index in [1.165, 1.54) is 16.7 Å². The molecule has 2 fully saturated rings. The molecule has 7 heteroatoms. The van der Waals surface area contributed by atoms with Crippen molar-refractivity contribution in [3.8, 4) is 0 Å². The lowest BCUT2D eigenvalue weighted by Crippen LogP contribution is -2.74. The maximum Gasteiger partial charge on any atom is 0.334 e. The van der Waals surface area contributed by atoms with Gasteiger partial charge in [0.2, 0.25) is 11.8 Å². The number of β-lactam (4-membered cyclic amide) rings is 1. The second-order valence-corrected chi connectivity index (χ2v) is 9.96. The highest BCUT2D eigenvalue weighted by molar-refractivity contribution is 8.00. The molecule has 1 N–H and O–H groups in total. The summed E-state index contributed by atoms with van der Waals surface area (Å²) in [7, 11) is 0. The highest BCUT2D eigenvalue weighted by Crippen LogP contribution is 2.41. The van der Waals surface area contributed by atoms with Gasteiger partial charge in [0.15, 0.2) is 12.1 Å². The molecule has 0 aromatic heterocycles. The Labute approximate surface area is 214 Å². The van der Waals surface area contributed by atoms with Gasteiger partial charge >= 0.3 is 5.97 Å². The second-order valence-electron chi connectivity index (χ2n) is 8.85. The van der Waals surface area contributed by atoms with Gasteiger partial charge in [-0.25, -0.2) is 4.79 Å². The quantitative estimate of drug-likeness (QED) is 0.304. The van der Waals surface area contributed by atoms with Gasteiger partial charge in [0.05, 0.1) is 6.42 Å². The Bertz CT molecular complexity index is 1230. The van der Waals surface area contributed by atoms with Crippen LogP contribution in [0.25, 0.3) is 0 Å². The molecule has 36 heavy (non-hydrogen) atoms. The minimum atomic E-state index is -0.888. The van der Waals surface area contributed by atoms with Gasteiger partial charge in [-0.1, -0.05) is 97.6 Å². The summed E-state index contributed by atoms with van der Waals surface area (Å²) in [5.74, 6) is -0.546. The maximum atomic E-state index is 13.5. The van der Waals surface area contributed by atoms with Crippen LogP contribution in [0.1, 0.15) is 22.8 Å². The summed E-state index contributed by atoms with van der Waals surface area (Å²) in [4.78, 5) is 40.7. The fourth-order valence-corrected chi connectivity index (χ4v) is 5.89. The summed E-state index contributed by atoms with van der Waals surface area (Å²) in [6.07, 6.45) is -0.422. The zero-order chi connectivity index (χ0) is 25.1. The lowest BCUT2D eigenvalue weighted by molar-refractivity contribution is -0.165. The Hall–Kier alpha value is -3.84. The zero-order valence-electron chi connectivity index (χ0n) is 19.6. The fourth-order valence-electron chi connectivity index (χ4n) is 4.59. The minimum Gasteiger partial charge on any atom is -0.451 e. The largest absolute Gasteiger partial charge is 0.451 e. The van der Waals surface area contributed by atoms with Crippen molar-refractivity contribution in [2.45, 2.75) is 30.0 Å². The van der Waals surface area contributed by atoms with E-state index in [4.69, 9.17) is 4.74 Å². The lowest BCUT2D eigenvalue weighted by Gasteiger charge is -2.52. The van der Waals surface area contributed by atoms with Crippen molar-refractivity contribution in [1.82, 2.24) is 10.2 Å². The average Bonchev–Trinajstić information content (AvgIpc) is 2.91. The Balaban J connectivity index is 1.30. The van der Waals surface area contributed by atoms with E-state index in [-0.39, 0.29) is 23.6 Å². The molecule has 2 aliphatic rings. The molecule has 2 aliphatic heterocycles. The molecule has 0 aliphatic carbocycles. The van der Waals surface area contributed by atoms with Crippen LogP contribution in [0, 0.1) is 0 Å². The number of amides is 2. The number of rotatable bonds is 7. The highest BCUT2D eigenvalue weighted by Gasteiger charge is 2.56. The van der Waals surface area contributed by atoms with Crippen molar-refractivity contribution in [2.75, 3.05) is 5.75 Å². The van der Waals surface area contributed by atoms with E-state index in [1.54, 1.807) is 0 Å². The molecule has 3 aromatic rings. The molecule has 1 unspecified atom stereocenters. The van der Waals surface area contributed by atoms with E-state index in [0.29, 0.717) is 11.3 Å². The summed E-state index contributed by atoms with van der Waals surface area (Å²) in [5, 5.41) is 2.51. The average molecular weight is 499 g/mol. The van der Waals surface area contributed by atoms with Crippen LogP contribution in [0.3, 0.4) is 0 Å². The number of benzene rings is 3. The molecule has 0 spiro atoms. The molecule has 2 saturated heterocycles. The van der Waals surface area contributed by atoms with Gasteiger partial charge in [-0.3, -0.25) is 9.59 Å². The monoisotopic (exact) mass is 498 g/mol. The van der Waals surface area contributed by atoms with Crippen LogP contribution < -0.4 is 5.32 Å². The molecule has 0 bridgehead atoms. The van der Waals surface area contributed by atoms with Crippen molar-refractivity contribution in [1.29, 1.82) is 0 Å². The number of fused-ring (bicyclic) bond motifs is 1. The van der Waals surface area contributed by atoms with Crippen molar-refractivity contribution < 1.29 is 19.1 Å². The van der Waals surface area contributed by atoms with Crippen LogP contribution >= 0.6 is 11.8 Å². The molecule has 3 atom stereocenters. The topological polar surface area (TPSA) is 75.7 Å². The van der Waals surface area contributed by atoms with Gasteiger partial charge in [0.25, 0.3) is 0 Å². The van der Waals surface area contributed by atoms with Gasteiger partial charge in [-0.15, -0.1) is 11.8 Å². The van der Waals surface area contributed by atoms with E-state index < -0.39 is 24.2 Å². The van der Waals surface area contributed by atoms with Crippen molar-refractivity contribution >= 4 is 29.5 Å². The Morgan fingerprint density at radius 2 is 1.50 bits per heavy atom. The third kappa shape index (κ3) is 4.79. The molecule has 5 rings (SSSR count). The number of esters is 1. The third-order valence-corrected chi connectivity index (χ3v) is 7.75. The van der Waals surface area contributed by atoms with Gasteiger partial charge in [-0.2, -0.15) is 0 Å². The standard InChI is InChI=1S/C29H26N2O4S/c1-19-18-36-28-24(30-23(32)17-20-11-5-2-6-12-20)27(33)31(28)25(19)29(34)35-26(21-13-7-3-8-14-21)22-15-9-4-10-16-22/h2-16,24-26,28H,1,17-18H2,(H,30,32)/t24-,25?,28-/m1/s1. The summed E-state index contributed by atoms with van der Waals surface area (Å²) >= 11 is 1.50. The van der Waals surface area contributed by atoms with Crippen LogP contribution in [0.15, 0.2) is 103 Å². The SMILES string of the molecule is C=C1CS[C@@H]2[C@H](NC(=O)Cc3ccccc3)C(=O)N2C1C(=O)OC(c1ccccc1)c1ccccc1. The number of ether oxygens (including phenoxy) is 1. The molecular formula is C29H26N2O4S. The van der Waals surface area contributed by atoms with Gasteiger partial charge < -0.3 is 15.0 Å². The van der Waals surface area contributed by atoms with Crippen molar-refractivity contribution in [3.63, 3.8) is 0 Å². The Kier molecular flexibility index (Phi) is 6.91. The zero-order valence-corrected chi connectivity index (χ0v) is 20.4. The van der Waals surface area contributed by atoms with E-state index in [0.717, 1.165) is 16.7 Å². The molecule has 2 heterocycles. The van der Waals surface area contributed by atoms with Crippen LogP contribution in [-0.4, -0.2) is 45.9 Å². The first-order chi connectivity index (χ1) is 17.5. The van der Waals surface area contributed by atoms with E-state index in [9.17, 15) is 14.4 Å².